The van der Waals surface area contributed by atoms with Gasteiger partial charge in [-0.3, -0.25) is 10.1 Å². The highest BCUT2D eigenvalue weighted by atomic mass is 16.6. The molecule has 0 bridgehead atoms. The van der Waals surface area contributed by atoms with Crippen molar-refractivity contribution in [3.05, 3.63) is 70.3 Å². The summed E-state index contributed by atoms with van der Waals surface area (Å²) in [6, 6.07) is 17.8. The number of nitro groups is 1. The minimum Gasteiger partial charge on any atom is -0.360 e. The molecule has 5 heteroatoms. The summed E-state index contributed by atoms with van der Waals surface area (Å²) in [5.41, 5.74) is 2.49. The molecular weight excluding hydrogens is 290 g/mol. The lowest BCUT2D eigenvalue weighted by Crippen LogP contribution is -3.14. The quantitative estimate of drug-likeness (QED) is 0.694. The van der Waals surface area contributed by atoms with E-state index in [0.717, 1.165) is 31.7 Å². The van der Waals surface area contributed by atoms with Crippen LogP contribution in [0.5, 0.6) is 0 Å². The number of hydrogen-bond acceptors (Lipinski definition) is 3. The first-order chi connectivity index (χ1) is 11.1. The third-order valence-corrected chi connectivity index (χ3v) is 4.72. The number of hydrogen-bond donors (Lipinski definition) is 1. The third kappa shape index (κ3) is 3.51. The van der Waals surface area contributed by atoms with Crippen molar-refractivity contribution in [3.8, 4) is 0 Å². The largest absolute Gasteiger partial charge is 0.360 e. The molecule has 120 valence electrons. The molecule has 3 rings (SSSR count). The highest BCUT2D eigenvalue weighted by molar-refractivity contribution is 5.46. The Morgan fingerprint density at radius 1 is 1.09 bits per heavy atom. The van der Waals surface area contributed by atoms with E-state index in [-0.39, 0.29) is 16.7 Å². The number of piperazine rings is 1. The van der Waals surface area contributed by atoms with Gasteiger partial charge in [-0.05, 0) is 19.1 Å². The molecule has 1 aliphatic rings. The number of non-ortho nitro benzene ring substituents is 1. The second-order valence-corrected chi connectivity index (χ2v) is 6.05. The first-order valence-electron chi connectivity index (χ1n) is 8.04. The number of nitrogens with zero attached hydrogens (tertiary/aromatic N) is 2. The number of nitrogens with one attached hydrogen (secondary N) is 1. The predicted molar refractivity (Wildman–Crippen MR) is 90.9 cm³/mol. The van der Waals surface area contributed by atoms with Crippen LogP contribution in [0.3, 0.4) is 0 Å². The Kier molecular flexibility index (Phi) is 4.57. The van der Waals surface area contributed by atoms with E-state index in [4.69, 9.17) is 0 Å². The van der Waals surface area contributed by atoms with Crippen molar-refractivity contribution in [1.29, 1.82) is 0 Å². The fraction of sp³-hybridized carbons (Fsp3) is 0.333. The Hall–Kier alpha value is -2.40. The van der Waals surface area contributed by atoms with E-state index in [1.807, 2.05) is 12.1 Å². The molecule has 2 aromatic carbocycles. The summed E-state index contributed by atoms with van der Waals surface area (Å²) < 4.78 is 0. The second kappa shape index (κ2) is 6.79. The van der Waals surface area contributed by atoms with Gasteiger partial charge in [0.05, 0.1) is 31.1 Å². The maximum atomic E-state index is 10.9. The number of benzene rings is 2. The van der Waals surface area contributed by atoms with Crippen LogP contribution in [-0.4, -0.2) is 31.1 Å². The Morgan fingerprint density at radius 2 is 1.78 bits per heavy atom. The minimum atomic E-state index is -0.321. The van der Waals surface area contributed by atoms with Crippen molar-refractivity contribution in [2.24, 2.45) is 0 Å². The fourth-order valence-electron chi connectivity index (χ4n) is 3.27. The first kappa shape index (κ1) is 15.5. The van der Waals surface area contributed by atoms with Crippen LogP contribution < -0.4 is 9.80 Å². The van der Waals surface area contributed by atoms with Crippen molar-refractivity contribution < 1.29 is 9.82 Å². The maximum absolute atomic E-state index is 10.9. The summed E-state index contributed by atoms with van der Waals surface area (Å²) >= 11 is 0. The van der Waals surface area contributed by atoms with Crippen LogP contribution in [0.1, 0.15) is 18.5 Å². The molecule has 0 aliphatic carbocycles. The Morgan fingerprint density at radius 3 is 2.43 bits per heavy atom. The number of quaternary nitrogens is 1. The van der Waals surface area contributed by atoms with E-state index >= 15 is 0 Å². The van der Waals surface area contributed by atoms with E-state index < -0.39 is 0 Å². The van der Waals surface area contributed by atoms with Crippen LogP contribution in [0.4, 0.5) is 11.4 Å². The monoisotopic (exact) mass is 312 g/mol. The molecule has 0 spiro atoms. The zero-order valence-corrected chi connectivity index (χ0v) is 13.3. The van der Waals surface area contributed by atoms with Crippen molar-refractivity contribution in [2.75, 3.05) is 31.1 Å². The third-order valence-electron chi connectivity index (χ3n) is 4.72. The molecule has 1 aliphatic heterocycles. The average Bonchev–Trinajstić information content (AvgIpc) is 2.62. The molecule has 0 saturated carbocycles. The van der Waals surface area contributed by atoms with Crippen LogP contribution >= 0.6 is 0 Å². The standard InChI is InChI=1S/C18H21N3O2/c1-15(16-6-5-9-18(14-16)21(22)23)19-10-12-20(13-11-19)17-7-3-2-4-8-17/h2-9,14-15H,10-13H2,1H3/p+1/t15-/m1/s1. The number of para-hydroxylation sites is 1. The fourth-order valence-corrected chi connectivity index (χ4v) is 3.27. The van der Waals surface area contributed by atoms with Crippen molar-refractivity contribution in [3.63, 3.8) is 0 Å². The van der Waals surface area contributed by atoms with E-state index in [2.05, 4.69) is 36.1 Å². The second-order valence-electron chi connectivity index (χ2n) is 6.05. The lowest BCUT2D eigenvalue weighted by atomic mass is 10.1. The van der Waals surface area contributed by atoms with Gasteiger partial charge in [-0.15, -0.1) is 0 Å². The smallest absolute Gasteiger partial charge is 0.269 e. The molecule has 1 fully saturated rings. The Bertz CT molecular complexity index is 667. The highest BCUT2D eigenvalue weighted by Gasteiger charge is 2.26. The molecule has 1 atom stereocenters. The zero-order valence-electron chi connectivity index (χ0n) is 13.3. The van der Waals surface area contributed by atoms with E-state index in [1.54, 1.807) is 18.2 Å². The SMILES string of the molecule is C[C@H](c1cccc([N+](=O)[O-])c1)[NH+]1CCN(c2ccccc2)CC1. The van der Waals surface area contributed by atoms with Gasteiger partial charge in [0, 0.05) is 23.4 Å². The van der Waals surface area contributed by atoms with E-state index in [9.17, 15) is 10.1 Å². The zero-order chi connectivity index (χ0) is 16.2. The molecule has 0 aromatic heterocycles. The van der Waals surface area contributed by atoms with Gasteiger partial charge in [0.15, 0.2) is 0 Å². The van der Waals surface area contributed by atoms with E-state index in [1.165, 1.54) is 10.6 Å². The minimum absolute atomic E-state index is 0.177. The lowest BCUT2D eigenvalue weighted by molar-refractivity contribution is -0.930. The van der Waals surface area contributed by atoms with Gasteiger partial charge >= 0.3 is 0 Å². The lowest BCUT2D eigenvalue weighted by Gasteiger charge is -2.36. The molecule has 23 heavy (non-hydrogen) atoms. The molecule has 0 amide bonds. The average molecular weight is 312 g/mol. The topological polar surface area (TPSA) is 50.8 Å². The van der Waals surface area contributed by atoms with Crippen LogP contribution in [-0.2, 0) is 0 Å². The van der Waals surface area contributed by atoms with Crippen LogP contribution in [0.15, 0.2) is 54.6 Å². The van der Waals surface area contributed by atoms with Gasteiger partial charge in [0.25, 0.3) is 5.69 Å². The Balaban J connectivity index is 1.65. The van der Waals surface area contributed by atoms with Crippen LogP contribution in [0, 0.1) is 10.1 Å². The Labute approximate surface area is 136 Å². The summed E-state index contributed by atoms with van der Waals surface area (Å²) in [7, 11) is 0. The van der Waals surface area contributed by atoms with Crippen molar-refractivity contribution >= 4 is 11.4 Å². The van der Waals surface area contributed by atoms with Crippen molar-refractivity contribution in [1.82, 2.24) is 0 Å². The summed E-state index contributed by atoms with van der Waals surface area (Å²) in [5, 5.41) is 10.9. The summed E-state index contributed by atoms with van der Waals surface area (Å²) in [6.07, 6.45) is 0. The molecule has 5 nitrogen and oxygen atoms in total. The van der Waals surface area contributed by atoms with Crippen LogP contribution in [0.25, 0.3) is 0 Å². The molecule has 2 aromatic rings. The van der Waals surface area contributed by atoms with Gasteiger partial charge in [-0.25, -0.2) is 0 Å². The van der Waals surface area contributed by atoms with Gasteiger partial charge in [-0.2, -0.15) is 0 Å². The molecule has 0 unspecified atom stereocenters. The molecule has 1 N–H and O–H groups in total. The van der Waals surface area contributed by atoms with Gasteiger partial charge in [0.1, 0.15) is 6.04 Å². The first-order valence-corrected chi connectivity index (χ1v) is 8.04. The van der Waals surface area contributed by atoms with Gasteiger partial charge in [-0.1, -0.05) is 30.3 Å². The summed E-state index contributed by atoms with van der Waals surface area (Å²) in [4.78, 5) is 14.5. The summed E-state index contributed by atoms with van der Waals surface area (Å²) in [6.45, 7) is 6.27. The molecular formula is C18H22N3O2+. The van der Waals surface area contributed by atoms with Gasteiger partial charge in [0.2, 0.25) is 0 Å². The van der Waals surface area contributed by atoms with Crippen LogP contribution in [0.2, 0.25) is 0 Å². The molecule has 0 radical (unpaired) electrons. The maximum Gasteiger partial charge on any atom is 0.269 e. The highest BCUT2D eigenvalue weighted by Crippen LogP contribution is 2.18. The normalized spacial score (nSPS) is 17.0. The molecule has 1 heterocycles. The van der Waals surface area contributed by atoms with E-state index in [0.29, 0.717) is 0 Å². The predicted octanol–water partition coefficient (Wildman–Crippen LogP) is 2.06. The van der Waals surface area contributed by atoms with Crippen molar-refractivity contribution in [2.45, 2.75) is 13.0 Å². The number of nitro benzene ring substituents is 1. The number of anilines is 1. The summed E-state index contributed by atoms with van der Waals surface area (Å²) in [5.74, 6) is 0. The molecule has 1 saturated heterocycles. The number of rotatable bonds is 4. The van der Waals surface area contributed by atoms with Gasteiger partial charge < -0.3 is 9.80 Å².